The molecule has 2 aliphatic heterocycles. The van der Waals surface area contributed by atoms with Crippen LogP contribution >= 0.6 is 0 Å². The van der Waals surface area contributed by atoms with Crippen LogP contribution in [0.1, 0.15) is 12.8 Å². The lowest BCUT2D eigenvalue weighted by molar-refractivity contribution is -0.0742. The van der Waals surface area contributed by atoms with Crippen LogP contribution in [0.15, 0.2) is 0 Å². The third kappa shape index (κ3) is 1.71. The molecule has 2 rings (SSSR count). The summed E-state index contributed by atoms with van der Waals surface area (Å²) >= 11 is 0. The van der Waals surface area contributed by atoms with E-state index in [9.17, 15) is 0 Å². The molecule has 2 fully saturated rings. The molecule has 0 aromatic heterocycles. The van der Waals surface area contributed by atoms with Crippen LogP contribution in [0, 0.1) is 12.3 Å². The van der Waals surface area contributed by atoms with Crippen LogP contribution in [0.25, 0.3) is 0 Å². The molecule has 0 aliphatic carbocycles. The summed E-state index contributed by atoms with van der Waals surface area (Å²) in [6, 6.07) is 0. The van der Waals surface area contributed by atoms with Gasteiger partial charge in [-0.1, -0.05) is 0 Å². The van der Waals surface area contributed by atoms with Crippen molar-refractivity contribution in [3.05, 3.63) is 0 Å². The molecule has 2 aliphatic rings. The van der Waals surface area contributed by atoms with Crippen LogP contribution in [-0.2, 0) is 9.47 Å². The molecule has 2 heterocycles. The van der Waals surface area contributed by atoms with E-state index < -0.39 is 6.29 Å². The Morgan fingerprint density at radius 1 is 1.46 bits per heavy atom. The van der Waals surface area contributed by atoms with E-state index in [1.54, 1.807) is 0 Å². The zero-order chi connectivity index (χ0) is 9.31. The van der Waals surface area contributed by atoms with E-state index in [1.807, 2.05) is 0 Å². The van der Waals surface area contributed by atoms with E-state index >= 15 is 0 Å². The Hall–Kier alpha value is -0.560. The van der Waals surface area contributed by atoms with Gasteiger partial charge in [-0.25, -0.2) is 0 Å². The van der Waals surface area contributed by atoms with Gasteiger partial charge >= 0.3 is 0 Å². The number of terminal acetylenes is 1. The predicted octanol–water partition coefficient (Wildman–Crippen LogP) is 0.457. The molecular weight excluding hydrogens is 166 g/mol. The van der Waals surface area contributed by atoms with Crippen LogP contribution in [0.4, 0.5) is 0 Å². The van der Waals surface area contributed by atoms with Gasteiger partial charge < -0.3 is 14.4 Å². The summed E-state index contributed by atoms with van der Waals surface area (Å²) in [5.41, 5.74) is -0.0798. The fraction of sp³-hybridized carbons (Fsp3) is 0.800. The van der Waals surface area contributed by atoms with E-state index in [-0.39, 0.29) is 5.60 Å². The summed E-state index contributed by atoms with van der Waals surface area (Å²) in [6.45, 7) is 2.80. The topological polar surface area (TPSA) is 21.7 Å². The highest BCUT2D eigenvalue weighted by Crippen LogP contribution is 2.32. The van der Waals surface area contributed by atoms with Gasteiger partial charge in [-0.3, -0.25) is 0 Å². The van der Waals surface area contributed by atoms with Crippen LogP contribution in [0.2, 0.25) is 0 Å². The molecule has 3 heteroatoms. The Bertz CT molecular complexity index is 226. The van der Waals surface area contributed by atoms with E-state index in [0.29, 0.717) is 6.61 Å². The number of rotatable bonds is 0. The minimum absolute atomic E-state index is 0.0798. The molecular formula is C10H15NO2. The maximum atomic E-state index is 5.70. The third-order valence-corrected chi connectivity index (χ3v) is 2.89. The lowest BCUT2D eigenvalue weighted by Crippen LogP contribution is -2.44. The maximum Gasteiger partial charge on any atom is 0.222 e. The molecule has 72 valence electrons. The fourth-order valence-electron chi connectivity index (χ4n) is 1.89. The van der Waals surface area contributed by atoms with Gasteiger partial charge in [0.25, 0.3) is 0 Å². The molecule has 0 N–H and O–H groups in total. The van der Waals surface area contributed by atoms with Gasteiger partial charge in [0.05, 0.1) is 12.2 Å². The number of ether oxygens (including phenoxy) is 2. The predicted molar refractivity (Wildman–Crippen MR) is 49.1 cm³/mol. The molecule has 0 aromatic carbocycles. The number of nitrogens with zero attached hydrogens (tertiary/aromatic N) is 1. The second kappa shape index (κ2) is 3.30. The highest BCUT2D eigenvalue weighted by Gasteiger charge is 2.42. The van der Waals surface area contributed by atoms with Crippen molar-refractivity contribution in [2.45, 2.75) is 24.7 Å². The van der Waals surface area contributed by atoms with Gasteiger partial charge in [0.2, 0.25) is 6.29 Å². The molecule has 0 amide bonds. The highest BCUT2D eigenvalue weighted by atomic mass is 16.7. The average Bonchev–Trinajstić information content (AvgIpc) is 2.55. The van der Waals surface area contributed by atoms with Crippen molar-refractivity contribution >= 4 is 0 Å². The molecule has 13 heavy (non-hydrogen) atoms. The van der Waals surface area contributed by atoms with Gasteiger partial charge in [-0.05, 0) is 25.8 Å². The summed E-state index contributed by atoms with van der Waals surface area (Å²) in [6.07, 6.45) is 6.89. The van der Waals surface area contributed by atoms with Gasteiger partial charge in [0.15, 0.2) is 0 Å². The first-order valence-corrected chi connectivity index (χ1v) is 4.68. The fourth-order valence-corrected chi connectivity index (χ4v) is 1.89. The molecule has 1 unspecified atom stereocenters. The quantitative estimate of drug-likeness (QED) is 0.507. The number of hydrogen-bond acceptors (Lipinski definition) is 3. The number of hydrogen-bond donors (Lipinski definition) is 0. The molecule has 2 saturated heterocycles. The Morgan fingerprint density at radius 3 is 2.69 bits per heavy atom. The van der Waals surface area contributed by atoms with Crippen molar-refractivity contribution in [1.82, 2.24) is 4.90 Å². The summed E-state index contributed by atoms with van der Waals surface area (Å²) in [4.78, 5) is 2.30. The summed E-state index contributed by atoms with van der Waals surface area (Å²) in [5.74, 6) is 2.49. The van der Waals surface area contributed by atoms with Crippen molar-refractivity contribution in [3.63, 3.8) is 0 Å². The smallest absolute Gasteiger partial charge is 0.222 e. The summed E-state index contributed by atoms with van der Waals surface area (Å²) < 4.78 is 11.1. The molecule has 0 bridgehead atoms. The standard InChI is InChI=1S/C10H15NO2/c1-3-9-12-8-10(13-9)4-6-11(2)7-5-10/h1,9H,4-8H2,2H3. The number of piperidine rings is 1. The van der Waals surface area contributed by atoms with Crippen molar-refractivity contribution in [3.8, 4) is 12.3 Å². The molecule has 0 aromatic rings. The zero-order valence-corrected chi connectivity index (χ0v) is 7.95. The Balaban J connectivity index is 1.96. The van der Waals surface area contributed by atoms with Crippen LogP contribution in [0.3, 0.4) is 0 Å². The van der Waals surface area contributed by atoms with Crippen molar-refractivity contribution in [1.29, 1.82) is 0 Å². The molecule has 1 spiro atoms. The lowest BCUT2D eigenvalue weighted by Gasteiger charge is -2.35. The monoisotopic (exact) mass is 181 g/mol. The van der Waals surface area contributed by atoms with Crippen molar-refractivity contribution in [2.24, 2.45) is 0 Å². The maximum absolute atomic E-state index is 5.70. The van der Waals surface area contributed by atoms with Crippen LogP contribution in [-0.4, -0.2) is 43.5 Å². The minimum Gasteiger partial charge on any atom is -0.339 e. The highest BCUT2D eigenvalue weighted by molar-refractivity contribution is 4.98. The second-order valence-electron chi connectivity index (χ2n) is 3.91. The van der Waals surface area contributed by atoms with Crippen molar-refractivity contribution in [2.75, 3.05) is 26.7 Å². The summed E-state index contributed by atoms with van der Waals surface area (Å²) in [7, 11) is 2.13. The SMILES string of the molecule is C#CC1OCC2(CCN(C)CC2)O1. The minimum atomic E-state index is -0.414. The van der Waals surface area contributed by atoms with Gasteiger partial charge in [-0.2, -0.15) is 0 Å². The number of likely N-dealkylation sites (tertiary alicyclic amines) is 1. The lowest BCUT2D eigenvalue weighted by atomic mass is 9.93. The molecule has 0 saturated carbocycles. The van der Waals surface area contributed by atoms with Crippen LogP contribution < -0.4 is 0 Å². The van der Waals surface area contributed by atoms with E-state index in [1.165, 1.54) is 0 Å². The van der Waals surface area contributed by atoms with E-state index in [4.69, 9.17) is 15.9 Å². The molecule has 1 atom stereocenters. The first-order valence-electron chi connectivity index (χ1n) is 4.68. The average molecular weight is 181 g/mol. The zero-order valence-electron chi connectivity index (χ0n) is 7.95. The van der Waals surface area contributed by atoms with Crippen molar-refractivity contribution < 1.29 is 9.47 Å². The Morgan fingerprint density at radius 2 is 2.15 bits per heavy atom. The second-order valence-corrected chi connectivity index (χ2v) is 3.91. The van der Waals surface area contributed by atoms with E-state index in [0.717, 1.165) is 25.9 Å². The Kier molecular flexibility index (Phi) is 2.29. The normalized spacial score (nSPS) is 33.4. The van der Waals surface area contributed by atoms with Crippen LogP contribution in [0.5, 0.6) is 0 Å². The van der Waals surface area contributed by atoms with Gasteiger partial charge in [-0.15, -0.1) is 6.42 Å². The molecule has 3 nitrogen and oxygen atoms in total. The third-order valence-electron chi connectivity index (χ3n) is 2.89. The largest absolute Gasteiger partial charge is 0.339 e. The molecule has 0 radical (unpaired) electrons. The van der Waals surface area contributed by atoms with Gasteiger partial charge in [0.1, 0.15) is 0 Å². The first kappa shape index (κ1) is 9.01. The van der Waals surface area contributed by atoms with Gasteiger partial charge in [0, 0.05) is 13.1 Å². The first-order chi connectivity index (χ1) is 6.24. The Labute approximate surface area is 79.0 Å². The summed E-state index contributed by atoms with van der Waals surface area (Å²) in [5, 5.41) is 0. The van der Waals surface area contributed by atoms with E-state index in [2.05, 4.69) is 17.9 Å².